The van der Waals surface area contributed by atoms with Crippen LogP contribution in [0.2, 0.25) is 0 Å². The zero-order valence-corrected chi connectivity index (χ0v) is 5.87. The molecular weight excluding hydrogens is 120 g/mol. The van der Waals surface area contributed by atoms with E-state index in [1.54, 1.807) is 6.08 Å². The maximum absolute atomic E-state index is 10.1. The summed E-state index contributed by atoms with van der Waals surface area (Å²) in [7, 11) is 0. The molecule has 0 spiro atoms. The van der Waals surface area contributed by atoms with E-state index in [1.165, 1.54) is 6.08 Å². The molecule has 0 aliphatic rings. The molecule has 0 atom stereocenters. The third-order valence-corrected chi connectivity index (χ3v) is 0.753. The minimum Gasteiger partial charge on any atom is -0.277 e. The Morgan fingerprint density at radius 1 is 1.62 bits per heavy atom. The summed E-state index contributed by atoms with van der Waals surface area (Å²) in [6.07, 6.45) is 3.20. The van der Waals surface area contributed by atoms with Gasteiger partial charge in [0, 0.05) is 0 Å². The Balaban J connectivity index is 3.50. The summed E-state index contributed by atoms with van der Waals surface area (Å²) in [6, 6.07) is 0. The molecule has 0 aliphatic carbocycles. The molecule has 8 heavy (non-hydrogen) atoms. The molecule has 0 bridgehead atoms. The van der Waals surface area contributed by atoms with E-state index in [-0.39, 0.29) is 5.12 Å². The van der Waals surface area contributed by atoms with E-state index in [0.29, 0.717) is 5.92 Å². The van der Waals surface area contributed by atoms with E-state index in [1.807, 2.05) is 13.8 Å². The van der Waals surface area contributed by atoms with Gasteiger partial charge >= 0.3 is 0 Å². The molecule has 0 unspecified atom stereocenters. The van der Waals surface area contributed by atoms with Crippen molar-refractivity contribution in [2.75, 3.05) is 0 Å². The second-order valence-corrected chi connectivity index (χ2v) is 2.32. The van der Waals surface area contributed by atoms with Crippen molar-refractivity contribution < 1.29 is 4.79 Å². The van der Waals surface area contributed by atoms with Crippen LogP contribution in [0.3, 0.4) is 0 Å². The summed E-state index contributed by atoms with van der Waals surface area (Å²) in [6.45, 7) is 3.99. The highest BCUT2D eigenvalue weighted by Gasteiger charge is 1.86. The van der Waals surface area contributed by atoms with Crippen molar-refractivity contribution in [1.29, 1.82) is 0 Å². The third-order valence-electron chi connectivity index (χ3n) is 0.617. The molecule has 0 rings (SSSR count). The summed E-state index contributed by atoms with van der Waals surface area (Å²) >= 11 is 4.27. The lowest BCUT2D eigenvalue weighted by Crippen LogP contribution is -1.80. The molecule has 0 aliphatic heterocycles. The zero-order chi connectivity index (χ0) is 6.57. The number of hydrogen-bond donors (Lipinski definition) is 0. The molecule has 1 nitrogen and oxygen atoms in total. The minimum absolute atomic E-state index is 0.293. The molecule has 0 aromatic rings. The summed E-state index contributed by atoms with van der Waals surface area (Å²) in [4.78, 5) is 10.1. The Morgan fingerprint density at radius 2 is 2.12 bits per heavy atom. The molecule has 0 fully saturated rings. The van der Waals surface area contributed by atoms with Crippen LogP contribution in [0, 0.1) is 5.92 Å². The van der Waals surface area contributed by atoms with Gasteiger partial charge in [-0.1, -0.05) is 19.9 Å². The van der Waals surface area contributed by atoms with Crippen LogP contribution in [0.4, 0.5) is 0 Å². The molecule has 0 heterocycles. The van der Waals surface area contributed by atoms with Crippen molar-refractivity contribution in [3.05, 3.63) is 12.2 Å². The minimum atomic E-state index is -0.293. The molecule has 0 saturated heterocycles. The van der Waals surface area contributed by atoms with Gasteiger partial charge in [-0.3, -0.25) is 4.79 Å². The molecule has 0 amide bonds. The monoisotopic (exact) mass is 129 g/mol. The molecule has 0 N–H and O–H groups in total. The highest BCUT2D eigenvalue weighted by molar-refractivity contribution is 7.97. The quantitative estimate of drug-likeness (QED) is 0.520. The van der Waals surface area contributed by atoms with Crippen LogP contribution in [0.15, 0.2) is 12.2 Å². The summed E-state index contributed by atoms with van der Waals surface area (Å²) < 4.78 is 0. The Bertz CT molecular complexity index is 105. The van der Waals surface area contributed by atoms with E-state index in [9.17, 15) is 4.79 Å². The number of carbonyl (C=O) groups is 1. The Morgan fingerprint density at radius 3 is 2.25 bits per heavy atom. The van der Waals surface area contributed by atoms with Crippen LogP contribution in [-0.2, 0) is 4.79 Å². The van der Waals surface area contributed by atoms with Gasteiger partial charge in [0.1, 0.15) is 0 Å². The second kappa shape index (κ2) is 3.61. The van der Waals surface area contributed by atoms with Gasteiger partial charge < -0.3 is 0 Å². The maximum atomic E-state index is 10.1. The Kier molecular flexibility index (Phi) is 3.44. The maximum Gasteiger partial charge on any atom is 0.241 e. The van der Waals surface area contributed by atoms with Gasteiger partial charge in [0.2, 0.25) is 5.12 Å². The SMILES string of the molecule is CC(C)/C=C/C(=O)[S]. The highest BCUT2D eigenvalue weighted by Crippen LogP contribution is 1.93. The van der Waals surface area contributed by atoms with Gasteiger partial charge in [-0.25, -0.2) is 0 Å². The lowest BCUT2D eigenvalue weighted by molar-refractivity contribution is -0.106. The van der Waals surface area contributed by atoms with E-state index in [2.05, 4.69) is 12.6 Å². The van der Waals surface area contributed by atoms with Gasteiger partial charge in [0.25, 0.3) is 0 Å². The topological polar surface area (TPSA) is 17.1 Å². The molecule has 45 valence electrons. The first-order chi connectivity index (χ1) is 3.63. The molecule has 2 heteroatoms. The molecule has 0 saturated carbocycles. The predicted octanol–water partition coefficient (Wildman–Crippen LogP) is 1.92. The lowest BCUT2D eigenvalue weighted by Gasteiger charge is -1.88. The van der Waals surface area contributed by atoms with E-state index >= 15 is 0 Å². The summed E-state index contributed by atoms with van der Waals surface area (Å²) in [5, 5.41) is -0.293. The van der Waals surface area contributed by atoms with Crippen molar-refractivity contribution in [1.82, 2.24) is 0 Å². The first-order valence-corrected chi connectivity index (χ1v) is 2.93. The van der Waals surface area contributed by atoms with Gasteiger partial charge in [-0.05, 0) is 24.6 Å². The van der Waals surface area contributed by atoms with Crippen molar-refractivity contribution in [2.45, 2.75) is 13.8 Å². The van der Waals surface area contributed by atoms with Crippen LogP contribution in [0.1, 0.15) is 13.8 Å². The van der Waals surface area contributed by atoms with Gasteiger partial charge in [0.05, 0.1) is 0 Å². The Labute approximate surface area is 55.2 Å². The van der Waals surface area contributed by atoms with Crippen molar-refractivity contribution in [3.8, 4) is 0 Å². The van der Waals surface area contributed by atoms with Crippen LogP contribution < -0.4 is 0 Å². The van der Waals surface area contributed by atoms with Crippen LogP contribution in [0.25, 0.3) is 0 Å². The normalized spacial score (nSPS) is 10.9. The van der Waals surface area contributed by atoms with Crippen molar-refractivity contribution >= 4 is 17.7 Å². The molecule has 0 aromatic heterocycles. The summed E-state index contributed by atoms with van der Waals surface area (Å²) in [5.41, 5.74) is 0. The van der Waals surface area contributed by atoms with Gasteiger partial charge in [0.15, 0.2) is 0 Å². The van der Waals surface area contributed by atoms with E-state index in [4.69, 9.17) is 0 Å². The van der Waals surface area contributed by atoms with Crippen molar-refractivity contribution in [3.63, 3.8) is 0 Å². The fraction of sp³-hybridized carbons (Fsp3) is 0.500. The smallest absolute Gasteiger partial charge is 0.241 e. The average Bonchev–Trinajstić information content (AvgIpc) is 1.61. The number of carbonyl (C=O) groups excluding carboxylic acids is 1. The first-order valence-electron chi connectivity index (χ1n) is 2.52. The average molecular weight is 129 g/mol. The standard InChI is InChI=1S/C6H9OS/c1-5(2)3-4-6(7)8/h3-5H,1-2H3/b4-3+. The fourth-order valence-corrected chi connectivity index (χ4v) is 0.350. The molecular formula is C6H9OS. The first kappa shape index (κ1) is 7.63. The Hall–Kier alpha value is -0.370. The van der Waals surface area contributed by atoms with Crippen molar-refractivity contribution in [2.24, 2.45) is 5.92 Å². The van der Waals surface area contributed by atoms with Crippen LogP contribution in [0.5, 0.6) is 0 Å². The zero-order valence-electron chi connectivity index (χ0n) is 5.05. The fourth-order valence-electron chi connectivity index (χ4n) is 0.271. The largest absolute Gasteiger partial charge is 0.277 e. The second-order valence-electron chi connectivity index (χ2n) is 1.92. The number of hydrogen-bond acceptors (Lipinski definition) is 1. The van der Waals surface area contributed by atoms with Gasteiger partial charge in [-0.2, -0.15) is 0 Å². The predicted molar refractivity (Wildman–Crippen MR) is 36.6 cm³/mol. The highest BCUT2D eigenvalue weighted by atomic mass is 32.1. The van der Waals surface area contributed by atoms with Crippen LogP contribution in [-0.4, -0.2) is 5.12 Å². The van der Waals surface area contributed by atoms with E-state index < -0.39 is 0 Å². The third kappa shape index (κ3) is 5.63. The molecule has 1 radical (unpaired) electrons. The number of allylic oxidation sites excluding steroid dienone is 1. The molecule has 0 aromatic carbocycles. The van der Waals surface area contributed by atoms with E-state index in [0.717, 1.165) is 0 Å². The number of rotatable bonds is 2. The lowest BCUT2D eigenvalue weighted by atomic mass is 10.2. The van der Waals surface area contributed by atoms with Crippen LogP contribution >= 0.6 is 12.6 Å². The summed E-state index contributed by atoms with van der Waals surface area (Å²) in [5.74, 6) is 0.418. The van der Waals surface area contributed by atoms with Gasteiger partial charge in [-0.15, -0.1) is 0 Å².